The summed E-state index contributed by atoms with van der Waals surface area (Å²) in [5.41, 5.74) is 3.77. The van der Waals surface area contributed by atoms with Gasteiger partial charge >= 0.3 is 0 Å². The molecule has 1 atom stereocenters. The van der Waals surface area contributed by atoms with Crippen molar-refractivity contribution in [2.75, 3.05) is 11.9 Å². The summed E-state index contributed by atoms with van der Waals surface area (Å²) < 4.78 is 2.06. The molecule has 0 radical (unpaired) electrons. The van der Waals surface area contributed by atoms with E-state index >= 15 is 0 Å². The number of fused-ring (bicyclic) bond motifs is 1. The minimum Gasteiger partial charge on any atom is -0.512 e. The topological polar surface area (TPSA) is 88.8 Å². The van der Waals surface area contributed by atoms with Crippen LogP contribution in [0.15, 0.2) is 54.3 Å². The van der Waals surface area contributed by atoms with E-state index in [0.717, 1.165) is 41.9 Å². The zero-order valence-corrected chi connectivity index (χ0v) is 17.0. The van der Waals surface area contributed by atoms with E-state index in [4.69, 9.17) is 9.97 Å². The number of hydrogen-bond acceptors (Lipinski definition) is 6. The van der Waals surface area contributed by atoms with E-state index in [0.29, 0.717) is 11.6 Å². The van der Waals surface area contributed by atoms with Gasteiger partial charge in [0, 0.05) is 36.5 Å². The first kappa shape index (κ1) is 19.1. The number of aromatic nitrogens is 5. The Hall–Kier alpha value is -3.22. The van der Waals surface area contributed by atoms with E-state index < -0.39 is 0 Å². The second-order valence-corrected chi connectivity index (χ2v) is 7.75. The summed E-state index contributed by atoms with van der Waals surface area (Å²) in [7, 11) is 0. The van der Waals surface area contributed by atoms with Crippen molar-refractivity contribution in [1.82, 2.24) is 24.5 Å². The fraction of sp³-hybridized carbons (Fsp3) is 0.364. The van der Waals surface area contributed by atoms with E-state index in [1.165, 1.54) is 5.57 Å². The molecule has 0 aliphatic heterocycles. The van der Waals surface area contributed by atoms with E-state index in [9.17, 15) is 5.11 Å². The van der Waals surface area contributed by atoms with Crippen LogP contribution in [0.3, 0.4) is 0 Å². The number of nitrogens with zero attached hydrogens (tertiary/aromatic N) is 5. The van der Waals surface area contributed by atoms with Gasteiger partial charge in [-0.25, -0.2) is 15.0 Å². The molecule has 0 spiro atoms. The van der Waals surface area contributed by atoms with Crippen molar-refractivity contribution >= 4 is 17.0 Å². The van der Waals surface area contributed by atoms with Crippen molar-refractivity contribution in [3.05, 3.63) is 54.3 Å². The smallest absolute Gasteiger partial charge is 0.166 e. The Morgan fingerprint density at radius 1 is 1.28 bits per heavy atom. The fourth-order valence-electron chi connectivity index (χ4n) is 3.50. The lowest BCUT2D eigenvalue weighted by Gasteiger charge is -2.18. The van der Waals surface area contributed by atoms with Crippen molar-refractivity contribution in [2.45, 2.75) is 39.7 Å². The summed E-state index contributed by atoms with van der Waals surface area (Å²) in [6.45, 7) is 7.00. The second-order valence-electron chi connectivity index (χ2n) is 7.75. The Morgan fingerprint density at radius 3 is 2.86 bits per heavy atom. The molecule has 0 saturated carbocycles. The third kappa shape index (κ3) is 3.99. The van der Waals surface area contributed by atoms with Crippen molar-refractivity contribution in [3.63, 3.8) is 0 Å². The summed E-state index contributed by atoms with van der Waals surface area (Å²) in [4.78, 5) is 18.3. The lowest BCUT2D eigenvalue weighted by molar-refractivity contribution is 0.335. The number of hydrogen-bond donors (Lipinski definition) is 2. The molecule has 1 aliphatic rings. The maximum Gasteiger partial charge on any atom is 0.166 e. The molecule has 0 saturated heterocycles. The van der Waals surface area contributed by atoms with Gasteiger partial charge in [-0.05, 0) is 44.9 Å². The number of rotatable bonds is 6. The number of pyridine rings is 1. The average molecular weight is 390 g/mol. The lowest BCUT2D eigenvalue weighted by Crippen LogP contribution is -2.10. The second kappa shape index (κ2) is 8.03. The summed E-state index contributed by atoms with van der Waals surface area (Å²) in [6, 6.07) is 4.09. The maximum atomic E-state index is 9.77. The van der Waals surface area contributed by atoms with E-state index in [1.54, 1.807) is 18.5 Å². The molecule has 0 amide bonds. The Labute approximate surface area is 170 Å². The molecular formula is C22H26N6O. The van der Waals surface area contributed by atoms with Crippen LogP contribution in [0.2, 0.25) is 0 Å². The van der Waals surface area contributed by atoms with Crippen LogP contribution in [-0.4, -0.2) is 36.2 Å². The zero-order valence-electron chi connectivity index (χ0n) is 17.0. The molecule has 2 N–H and O–H groups in total. The van der Waals surface area contributed by atoms with Gasteiger partial charge in [-0.3, -0.25) is 4.98 Å². The first-order valence-corrected chi connectivity index (χ1v) is 10.0. The molecule has 150 valence electrons. The normalized spacial score (nSPS) is 16.8. The molecule has 1 aliphatic carbocycles. The van der Waals surface area contributed by atoms with Crippen molar-refractivity contribution < 1.29 is 5.11 Å². The number of anilines is 1. The molecule has 0 aromatic carbocycles. The first-order chi connectivity index (χ1) is 14.0. The lowest BCUT2D eigenvalue weighted by atomic mass is 9.92. The fourth-order valence-corrected chi connectivity index (χ4v) is 3.50. The number of nitrogens with one attached hydrogen (secondary N) is 1. The summed E-state index contributed by atoms with van der Waals surface area (Å²) in [6.07, 6.45) is 10.9. The van der Waals surface area contributed by atoms with Crippen LogP contribution in [0, 0.1) is 5.92 Å². The molecule has 3 aromatic heterocycles. The quantitative estimate of drug-likeness (QED) is 0.635. The van der Waals surface area contributed by atoms with Crippen LogP contribution >= 0.6 is 0 Å². The molecule has 0 fully saturated rings. The molecule has 4 rings (SSSR count). The van der Waals surface area contributed by atoms with Crippen LogP contribution < -0.4 is 5.32 Å². The van der Waals surface area contributed by atoms with Crippen molar-refractivity contribution in [3.8, 4) is 11.4 Å². The summed E-state index contributed by atoms with van der Waals surface area (Å²) in [5.74, 6) is 2.00. The molecule has 3 aromatic rings. The molecule has 3 heterocycles. The Kier molecular flexibility index (Phi) is 5.29. The van der Waals surface area contributed by atoms with E-state index in [1.807, 2.05) is 31.5 Å². The van der Waals surface area contributed by atoms with Crippen LogP contribution in [0.25, 0.3) is 22.6 Å². The van der Waals surface area contributed by atoms with Crippen LogP contribution in [0.5, 0.6) is 0 Å². The first-order valence-electron chi connectivity index (χ1n) is 10.0. The molecule has 7 heteroatoms. The third-order valence-electron chi connectivity index (χ3n) is 5.20. The molecule has 1 unspecified atom stereocenters. The Morgan fingerprint density at radius 2 is 2.14 bits per heavy atom. The third-order valence-corrected chi connectivity index (χ3v) is 5.20. The van der Waals surface area contributed by atoms with Crippen molar-refractivity contribution in [2.24, 2.45) is 5.92 Å². The highest BCUT2D eigenvalue weighted by molar-refractivity contribution is 5.85. The number of imidazole rings is 1. The SMILES string of the molecule is CC1CC(CCNc2nc(-c3cccnc3)nc3c2ncn3C(C)C)=CC=C1O. The van der Waals surface area contributed by atoms with Gasteiger partial charge in [-0.2, -0.15) is 0 Å². The van der Waals surface area contributed by atoms with Gasteiger partial charge in [0.25, 0.3) is 0 Å². The summed E-state index contributed by atoms with van der Waals surface area (Å²) >= 11 is 0. The monoisotopic (exact) mass is 390 g/mol. The average Bonchev–Trinajstić information content (AvgIpc) is 3.16. The van der Waals surface area contributed by atoms with Gasteiger partial charge in [-0.1, -0.05) is 18.6 Å². The molecule has 0 bridgehead atoms. The minimum atomic E-state index is 0.180. The van der Waals surface area contributed by atoms with Gasteiger partial charge in [0.15, 0.2) is 17.3 Å². The highest BCUT2D eigenvalue weighted by atomic mass is 16.3. The van der Waals surface area contributed by atoms with Crippen molar-refractivity contribution in [1.29, 1.82) is 0 Å². The largest absolute Gasteiger partial charge is 0.512 e. The van der Waals surface area contributed by atoms with E-state index in [-0.39, 0.29) is 12.0 Å². The van der Waals surface area contributed by atoms with Gasteiger partial charge in [-0.15, -0.1) is 0 Å². The number of aliphatic hydroxyl groups is 1. The standard InChI is InChI=1S/C22H26N6O/c1-14(2)28-13-25-19-21(24-10-8-16-6-7-18(29)15(3)11-16)26-20(27-22(19)28)17-5-4-9-23-12-17/h4-7,9,12-15,29H,8,10-11H2,1-3H3,(H,24,26,27). The maximum absolute atomic E-state index is 9.77. The van der Waals surface area contributed by atoms with Gasteiger partial charge in [0.05, 0.1) is 12.1 Å². The molecular weight excluding hydrogens is 364 g/mol. The zero-order chi connectivity index (χ0) is 20.4. The van der Waals surface area contributed by atoms with E-state index in [2.05, 4.69) is 33.7 Å². The molecule has 7 nitrogen and oxygen atoms in total. The predicted octanol–water partition coefficient (Wildman–Crippen LogP) is 4.68. The number of allylic oxidation sites excluding steroid dienone is 3. The highest BCUT2D eigenvalue weighted by Crippen LogP contribution is 2.27. The van der Waals surface area contributed by atoms with Crippen LogP contribution in [-0.2, 0) is 0 Å². The van der Waals surface area contributed by atoms with Crippen LogP contribution in [0.1, 0.15) is 39.7 Å². The summed E-state index contributed by atoms with van der Waals surface area (Å²) in [5, 5.41) is 13.2. The highest BCUT2D eigenvalue weighted by Gasteiger charge is 2.17. The van der Waals surface area contributed by atoms with Crippen LogP contribution in [0.4, 0.5) is 5.82 Å². The number of aliphatic hydroxyl groups excluding tert-OH is 1. The minimum absolute atomic E-state index is 0.180. The van der Waals surface area contributed by atoms with Gasteiger partial charge in [0.2, 0.25) is 0 Å². The Balaban J connectivity index is 1.62. The van der Waals surface area contributed by atoms with Gasteiger partial charge < -0.3 is 15.0 Å². The Bertz CT molecular complexity index is 1070. The van der Waals surface area contributed by atoms with Gasteiger partial charge in [0.1, 0.15) is 5.52 Å². The predicted molar refractivity (Wildman–Crippen MR) is 115 cm³/mol. The molecule has 29 heavy (non-hydrogen) atoms.